The number of benzene rings is 1. The zero-order valence-electron chi connectivity index (χ0n) is 11.0. The van der Waals surface area contributed by atoms with Crippen LogP contribution in [0, 0.1) is 23.7 Å². The first-order valence-electron chi connectivity index (χ1n) is 5.99. The molecule has 1 atom stereocenters. The van der Waals surface area contributed by atoms with Crippen molar-refractivity contribution in [1.82, 2.24) is 0 Å². The second kappa shape index (κ2) is 7.52. The summed E-state index contributed by atoms with van der Waals surface area (Å²) in [5, 5.41) is 0. The van der Waals surface area contributed by atoms with Gasteiger partial charge in [-0.25, -0.2) is 4.79 Å². The minimum absolute atomic E-state index is 0.0379. The van der Waals surface area contributed by atoms with Gasteiger partial charge in [0.2, 0.25) is 0 Å². The van der Waals surface area contributed by atoms with Crippen molar-refractivity contribution in [2.45, 2.75) is 20.8 Å². The SMILES string of the molecule is CC(C)C#CC(C)COOC(=O)c1ccccc1. The summed E-state index contributed by atoms with van der Waals surface area (Å²) >= 11 is 0. The van der Waals surface area contributed by atoms with Crippen LogP contribution in [0.1, 0.15) is 31.1 Å². The molecule has 0 heterocycles. The Bertz CT molecular complexity index is 426. The van der Waals surface area contributed by atoms with Crippen molar-refractivity contribution in [3.8, 4) is 11.8 Å². The van der Waals surface area contributed by atoms with Gasteiger partial charge in [-0.15, -0.1) is 5.92 Å². The molecule has 3 heteroatoms. The van der Waals surface area contributed by atoms with Gasteiger partial charge in [0.1, 0.15) is 6.61 Å². The van der Waals surface area contributed by atoms with E-state index in [4.69, 9.17) is 9.78 Å². The van der Waals surface area contributed by atoms with E-state index in [0.29, 0.717) is 11.5 Å². The lowest BCUT2D eigenvalue weighted by Gasteiger charge is -2.05. The Labute approximate surface area is 108 Å². The third kappa shape index (κ3) is 5.51. The molecule has 0 aliphatic carbocycles. The van der Waals surface area contributed by atoms with Crippen molar-refractivity contribution in [3.63, 3.8) is 0 Å². The van der Waals surface area contributed by atoms with E-state index in [0.717, 1.165) is 0 Å². The topological polar surface area (TPSA) is 35.5 Å². The van der Waals surface area contributed by atoms with Gasteiger partial charge in [-0.3, -0.25) is 4.89 Å². The largest absolute Gasteiger partial charge is 0.373 e. The van der Waals surface area contributed by atoms with Crippen molar-refractivity contribution in [2.75, 3.05) is 6.61 Å². The molecule has 0 aromatic heterocycles. The molecule has 18 heavy (non-hydrogen) atoms. The smallest absolute Gasteiger partial charge is 0.293 e. The highest BCUT2D eigenvalue weighted by Crippen LogP contribution is 2.03. The molecule has 0 N–H and O–H groups in total. The Morgan fingerprint density at radius 2 is 1.83 bits per heavy atom. The maximum absolute atomic E-state index is 11.5. The standard InChI is InChI=1S/C15H18O3/c1-12(2)9-10-13(3)11-17-18-15(16)14-7-5-4-6-8-14/h4-8,12-13H,11H2,1-3H3. The molecule has 1 aromatic rings. The Hall–Kier alpha value is -1.79. The van der Waals surface area contributed by atoms with E-state index < -0.39 is 5.97 Å². The Balaban J connectivity index is 2.31. The highest BCUT2D eigenvalue weighted by molar-refractivity contribution is 5.88. The van der Waals surface area contributed by atoms with E-state index in [1.165, 1.54) is 0 Å². The predicted octanol–water partition coefficient (Wildman–Crippen LogP) is 3.07. The minimum atomic E-state index is -0.486. The number of hydrogen-bond donors (Lipinski definition) is 0. The monoisotopic (exact) mass is 246 g/mol. The highest BCUT2D eigenvalue weighted by Gasteiger charge is 2.08. The fourth-order valence-corrected chi connectivity index (χ4v) is 1.16. The third-order valence-electron chi connectivity index (χ3n) is 2.08. The summed E-state index contributed by atoms with van der Waals surface area (Å²) in [5.74, 6) is 5.96. The van der Waals surface area contributed by atoms with Gasteiger partial charge in [0.15, 0.2) is 0 Å². The van der Waals surface area contributed by atoms with E-state index in [1.807, 2.05) is 26.8 Å². The quantitative estimate of drug-likeness (QED) is 0.465. The zero-order chi connectivity index (χ0) is 13.4. The maximum Gasteiger partial charge on any atom is 0.373 e. The molecule has 1 unspecified atom stereocenters. The molecule has 0 radical (unpaired) electrons. The summed E-state index contributed by atoms with van der Waals surface area (Å²) in [5.41, 5.74) is 0.471. The van der Waals surface area contributed by atoms with Crippen LogP contribution in [0.3, 0.4) is 0 Å². The summed E-state index contributed by atoms with van der Waals surface area (Å²) < 4.78 is 0. The van der Waals surface area contributed by atoms with Gasteiger partial charge in [0.25, 0.3) is 0 Å². The van der Waals surface area contributed by atoms with Crippen LogP contribution in [0.25, 0.3) is 0 Å². The molecule has 0 aliphatic heterocycles. The summed E-state index contributed by atoms with van der Waals surface area (Å²) in [6, 6.07) is 8.73. The van der Waals surface area contributed by atoms with E-state index in [2.05, 4.69) is 11.8 Å². The maximum atomic E-state index is 11.5. The Morgan fingerprint density at radius 3 is 2.44 bits per heavy atom. The molecule has 0 bridgehead atoms. The van der Waals surface area contributed by atoms with Gasteiger partial charge in [-0.05, 0) is 19.1 Å². The van der Waals surface area contributed by atoms with Crippen LogP contribution in [0.15, 0.2) is 30.3 Å². The first kappa shape index (κ1) is 14.3. The summed E-state index contributed by atoms with van der Waals surface area (Å²) in [6.07, 6.45) is 0. The van der Waals surface area contributed by atoms with Crippen molar-refractivity contribution in [3.05, 3.63) is 35.9 Å². The van der Waals surface area contributed by atoms with E-state index in [9.17, 15) is 4.79 Å². The number of hydrogen-bond acceptors (Lipinski definition) is 3. The Morgan fingerprint density at radius 1 is 1.17 bits per heavy atom. The van der Waals surface area contributed by atoms with Gasteiger partial charge < -0.3 is 0 Å². The average Bonchev–Trinajstić information content (AvgIpc) is 2.37. The second-order valence-corrected chi connectivity index (χ2v) is 4.37. The average molecular weight is 246 g/mol. The summed E-state index contributed by atoms with van der Waals surface area (Å²) in [6.45, 7) is 6.25. The molecule has 3 nitrogen and oxygen atoms in total. The molecule has 0 saturated carbocycles. The van der Waals surface area contributed by atoms with Crippen LogP contribution in [0.5, 0.6) is 0 Å². The van der Waals surface area contributed by atoms with Gasteiger partial charge in [0.05, 0.1) is 5.56 Å². The fraction of sp³-hybridized carbons (Fsp3) is 0.400. The van der Waals surface area contributed by atoms with Gasteiger partial charge >= 0.3 is 5.97 Å². The van der Waals surface area contributed by atoms with E-state index in [-0.39, 0.29) is 12.5 Å². The molecule has 0 saturated heterocycles. The first-order valence-corrected chi connectivity index (χ1v) is 5.99. The molecule has 0 amide bonds. The molecule has 0 aliphatic rings. The zero-order valence-corrected chi connectivity index (χ0v) is 11.0. The van der Waals surface area contributed by atoms with Crippen molar-refractivity contribution < 1.29 is 14.6 Å². The molecular formula is C15H18O3. The predicted molar refractivity (Wildman–Crippen MR) is 69.6 cm³/mol. The summed E-state index contributed by atoms with van der Waals surface area (Å²) in [7, 11) is 0. The summed E-state index contributed by atoms with van der Waals surface area (Å²) in [4.78, 5) is 21.1. The van der Waals surface area contributed by atoms with Gasteiger partial charge in [-0.2, -0.15) is 4.89 Å². The minimum Gasteiger partial charge on any atom is -0.293 e. The van der Waals surface area contributed by atoms with E-state index in [1.54, 1.807) is 24.3 Å². The lowest BCUT2D eigenvalue weighted by molar-refractivity contribution is -0.244. The van der Waals surface area contributed by atoms with Crippen LogP contribution < -0.4 is 0 Å². The fourth-order valence-electron chi connectivity index (χ4n) is 1.16. The van der Waals surface area contributed by atoms with Crippen LogP contribution in [0.4, 0.5) is 0 Å². The first-order chi connectivity index (χ1) is 8.59. The highest BCUT2D eigenvalue weighted by atomic mass is 17.2. The molecule has 96 valence electrons. The van der Waals surface area contributed by atoms with Crippen molar-refractivity contribution in [1.29, 1.82) is 0 Å². The molecular weight excluding hydrogens is 228 g/mol. The normalized spacial score (nSPS) is 11.6. The molecule has 0 spiro atoms. The lowest BCUT2D eigenvalue weighted by atomic mass is 10.1. The van der Waals surface area contributed by atoms with Crippen LogP contribution in [0.2, 0.25) is 0 Å². The number of rotatable bonds is 4. The number of carbonyl (C=O) groups excluding carboxylic acids is 1. The molecule has 1 aromatic carbocycles. The molecule has 1 rings (SSSR count). The van der Waals surface area contributed by atoms with Crippen molar-refractivity contribution >= 4 is 5.97 Å². The van der Waals surface area contributed by atoms with Crippen LogP contribution >= 0.6 is 0 Å². The Kier molecular flexibility index (Phi) is 5.96. The van der Waals surface area contributed by atoms with Gasteiger partial charge in [-0.1, -0.05) is 38.0 Å². The number of carbonyl (C=O) groups is 1. The second-order valence-electron chi connectivity index (χ2n) is 4.37. The van der Waals surface area contributed by atoms with Gasteiger partial charge in [0, 0.05) is 11.8 Å². The van der Waals surface area contributed by atoms with Crippen molar-refractivity contribution in [2.24, 2.45) is 11.8 Å². The van der Waals surface area contributed by atoms with E-state index >= 15 is 0 Å². The third-order valence-corrected chi connectivity index (χ3v) is 2.08. The van der Waals surface area contributed by atoms with Crippen LogP contribution in [-0.4, -0.2) is 12.6 Å². The van der Waals surface area contributed by atoms with Crippen LogP contribution in [-0.2, 0) is 9.78 Å². The lowest BCUT2D eigenvalue weighted by Crippen LogP contribution is -2.10. The molecule has 0 fully saturated rings.